The number of aromatic nitrogens is 5. The molecule has 10 heterocycles. The van der Waals surface area contributed by atoms with Gasteiger partial charge < -0.3 is 22.1 Å². The summed E-state index contributed by atoms with van der Waals surface area (Å²) < 4.78 is 144. The van der Waals surface area contributed by atoms with E-state index in [2.05, 4.69) is 60.2 Å². The Bertz CT molecular complexity index is 7340. The molecule has 0 N–H and O–H groups in total. The topological polar surface area (TPSA) is 85.1 Å². The Labute approximate surface area is 650 Å². The molecule has 0 unspecified atom stereocenters. The number of nitrogens with zero attached hydrogens (tertiary/aromatic N) is 5. The summed E-state index contributed by atoms with van der Waals surface area (Å²) >= 11 is 0. The van der Waals surface area contributed by atoms with Crippen LogP contribution in [0, 0.1) is 83.3 Å². The van der Waals surface area contributed by atoms with E-state index in [0.29, 0.717) is 44.5 Å². The summed E-state index contributed by atoms with van der Waals surface area (Å²) in [6.07, 6.45) is 7.05. The molecule has 558 valence electrons. The number of furan rings is 5. The molecule has 10 nitrogen and oxygen atoms in total. The average molecular weight is 1510 g/mol. The number of halogens is 6. The van der Waals surface area contributed by atoms with Crippen LogP contribution in [0.3, 0.4) is 0 Å². The molecule has 0 saturated carbocycles. The van der Waals surface area contributed by atoms with Crippen molar-refractivity contribution in [3.8, 4) is 56.3 Å². The summed E-state index contributed by atoms with van der Waals surface area (Å²) in [6.45, 7) is 10.1. The minimum Gasteiger partial charge on any atom is -0.455 e. The number of benzene rings is 10. The predicted molar refractivity (Wildman–Crippen MR) is 435 cm³/mol. The van der Waals surface area contributed by atoms with Crippen LogP contribution in [0.1, 0.15) is 43.2 Å². The highest BCUT2D eigenvalue weighted by Crippen LogP contribution is 2.43. The number of hydrogen-bond acceptors (Lipinski definition) is 5. The van der Waals surface area contributed by atoms with E-state index in [-0.39, 0.29) is 40.5 Å². The van der Waals surface area contributed by atoms with Crippen molar-refractivity contribution in [2.24, 2.45) is 35.2 Å². The highest BCUT2D eigenvalue weighted by Gasteiger charge is 2.27. The first-order valence-corrected chi connectivity index (χ1v) is 36.8. The van der Waals surface area contributed by atoms with Crippen LogP contribution in [0.4, 0.5) is 26.3 Å². The van der Waals surface area contributed by atoms with Crippen molar-refractivity contribution in [1.82, 2.24) is 0 Å². The Morgan fingerprint density at radius 1 is 0.274 bits per heavy atom. The largest absolute Gasteiger partial charge is 0.455 e. The van der Waals surface area contributed by atoms with Gasteiger partial charge in [0.05, 0.1) is 33.2 Å². The van der Waals surface area contributed by atoms with Gasteiger partial charge in [-0.2, -0.15) is 9.13 Å². The average Bonchev–Trinajstić information content (AvgIpc) is 1.59. The van der Waals surface area contributed by atoms with Crippen molar-refractivity contribution >= 4 is 110 Å². The van der Waals surface area contributed by atoms with Crippen LogP contribution in [0.15, 0.2) is 277 Å². The minimum absolute atomic E-state index is 0.247. The maximum Gasteiger partial charge on any atom is 0.216 e. The van der Waals surface area contributed by atoms with Crippen LogP contribution in [0.25, 0.3) is 166 Å². The Kier molecular flexibility index (Phi) is 18.4. The van der Waals surface area contributed by atoms with Gasteiger partial charge in [-0.1, -0.05) is 66.7 Å². The van der Waals surface area contributed by atoms with Gasteiger partial charge in [0.2, 0.25) is 34.7 Å². The van der Waals surface area contributed by atoms with Crippen LogP contribution in [-0.2, 0) is 35.2 Å². The van der Waals surface area contributed by atoms with E-state index < -0.39 is 6.85 Å². The normalized spacial score (nSPS) is 12.0. The van der Waals surface area contributed by atoms with Gasteiger partial charge in [0, 0.05) is 132 Å². The first kappa shape index (κ1) is 70.0. The smallest absolute Gasteiger partial charge is 0.216 e. The van der Waals surface area contributed by atoms with E-state index in [1.165, 1.54) is 72.6 Å². The zero-order chi connectivity index (χ0) is 81.4. The van der Waals surface area contributed by atoms with Gasteiger partial charge in [-0.3, -0.25) is 0 Å². The van der Waals surface area contributed by atoms with Crippen LogP contribution in [0.5, 0.6) is 0 Å². The summed E-state index contributed by atoms with van der Waals surface area (Å²) in [4.78, 5) is 0. The van der Waals surface area contributed by atoms with Crippen molar-refractivity contribution in [2.45, 2.75) is 48.4 Å². The second kappa shape index (κ2) is 29.7. The molecule has 0 aliphatic heterocycles. The van der Waals surface area contributed by atoms with E-state index in [1.54, 1.807) is 70.9 Å². The molecule has 20 aromatic rings. The lowest BCUT2D eigenvalue weighted by atomic mass is 10.0. The molecule has 0 amide bonds. The third-order valence-electron chi connectivity index (χ3n) is 21.2. The van der Waals surface area contributed by atoms with Crippen molar-refractivity contribution in [2.75, 3.05) is 0 Å². The minimum atomic E-state index is -2.16. The summed E-state index contributed by atoms with van der Waals surface area (Å²) in [6, 6.07) is 68.3. The van der Waals surface area contributed by atoms with E-state index in [1.807, 2.05) is 157 Å². The van der Waals surface area contributed by atoms with Gasteiger partial charge in [0.1, 0.15) is 120 Å². The lowest BCUT2D eigenvalue weighted by molar-refractivity contribution is -0.666. The third-order valence-corrected chi connectivity index (χ3v) is 21.2. The molecule has 113 heavy (non-hydrogen) atoms. The second-order valence-corrected chi connectivity index (χ2v) is 28.6. The molecule has 10 aromatic carbocycles. The van der Waals surface area contributed by atoms with Gasteiger partial charge in [0.15, 0.2) is 30.1 Å². The number of pyridine rings is 5. The molecular weight excluding hydrogens is 1430 g/mol. The Balaban J connectivity index is 0.000000109. The Hall–Kier alpha value is -13.5. The fourth-order valence-electron chi connectivity index (χ4n) is 15.4. The number of rotatable bonds is 5. The molecule has 10 aromatic heterocycles. The number of aryl methyl sites for hydroxylation is 11. The molecule has 0 atom stereocenters. The van der Waals surface area contributed by atoms with E-state index in [9.17, 15) is 26.3 Å². The number of hydrogen-bond donors (Lipinski definition) is 0. The summed E-state index contributed by atoms with van der Waals surface area (Å²) in [5.74, 6) is -1.75. The van der Waals surface area contributed by atoms with Crippen LogP contribution < -0.4 is 22.8 Å². The fraction of sp³-hybridized carbons (Fsp3) is 0.124. The predicted octanol–water partition coefficient (Wildman–Crippen LogP) is 23.4. The number of fused-ring (bicyclic) bond motifs is 15. The molecular formula is C97H78F6N5O5+5. The van der Waals surface area contributed by atoms with Gasteiger partial charge in [0.25, 0.3) is 0 Å². The molecule has 0 aliphatic rings. The summed E-state index contributed by atoms with van der Waals surface area (Å²) in [5, 5.41) is 8.63. The van der Waals surface area contributed by atoms with Crippen LogP contribution in [0.2, 0.25) is 0 Å². The van der Waals surface area contributed by atoms with Crippen molar-refractivity contribution < 1.29 is 75.4 Å². The SMILES string of the molecule is Cc1ccc2c(oc3cc(F)ccc32)c1-c1ccc(F)c[n+]1C.Cc1ccc2c(oc3cc(F)ccc32)c1-c1cccc(C)[n+]1C.Cc1ccc2c(oc3ccc(F)cc32)c1-c1cccc[n+]1C.Cc1ccc2c(oc3cccc(F)c32)c1-c1cccc[n+]1C.[2H]C([2H])([2H])c1ccc(-c2c(C)ccc3c2oc2cc(F)ccc23)[n+](C)c1. The Morgan fingerprint density at radius 3 is 1.10 bits per heavy atom. The lowest BCUT2D eigenvalue weighted by Gasteiger charge is -2.06. The highest BCUT2D eigenvalue weighted by molar-refractivity contribution is 6.14. The van der Waals surface area contributed by atoms with Crippen molar-refractivity contribution in [3.63, 3.8) is 0 Å². The van der Waals surface area contributed by atoms with Crippen molar-refractivity contribution in [3.05, 3.63) is 329 Å². The van der Waals surface area contributed by atoms with Gasteiger partial charge in [-0.15, -0.1) is 0 Å². The molecule has 16 heteroatoms. The Morgan fingerprint density at radius 2 is 0.637 bits per heavy atom. The maximum atomic E-state index is 14.2. The second-order valence-electron chi connectivity index (χ2n) is 28.6. The zero-order valence-electron chi connectivity index (χ0n) is 66.8. The van der Waals surface area contributed by atoms with Gasteiger partial charge >= 0.3 is 0 Å². The summed E-state index contributed by atoms with van der Waals surface area (Å²) in [7, 11) is 9.65. The van der Waals surface area contributed by atoms with Crippen LogP contribution >= 0.6 is 0 Å². The lowest BCUT2D eigenvalue weighted by Crippen LogP contribution is -2.34. The molecule has 0 aliphatic carbocycles. The first-order chi connectivity index (χ1) is 55.7. The molecule has 0 radical (unpaired) electrons. The fourth-order valence-corrected chi connectivity index (χ4v) is 15.4. The van der Waals surface area contributed by atoms with E-state index >= 15 is 0 Å². The van der Waals surface area contributed by atoms with Crippen molar-refractivity contribution in [1.29, 1.82) is 0 Å². The summed E-state index contributed by atoms with van der Waals surface area (Å²) in [5.41, 5.74) is 23.2. The molecule has 0 bridgehead atoms. The first-order valence-electron chi connectivity index (χ1n) is 38.3. The van der Waals surface area contributed by atoms with E-state index in [0.717, 1.165) is 149 Å². The standard InChI is InChI=1S/2C20H17FNO.C19H14F2NO.2C19H15FNO/c1-12-4-9-17(22(3)11-12)19-13(2)5-7-16-15-8-6-14(21)10-18(15)23-20(16)19;1-12-7-9-16-15-10-8-14(21)11-18(15)23-20(16)19(12)17-6-4-5-13(2)22(17)3;1-11-3-6-15-14-7-4-12(20)9-17(14)23-19(15)18(11)16-8-5-13(21)10-22(16)2;1-12-9-10-13-18-14(20)6-5-8-16(18)22-19(13)17(12)15-7-3-4-11-21(15)2;1-12-6-8-14-15-11-13(20)7-9-17(15)22-19(14)18(12)16-5-3-4-10-21(16)2/h2*4-11H,1-3H3;3-10H,1-2H3;2*3-11H,1-2H3/q5*+1/i1D3;;;;. The highest BCUT2D eigenvalue weighted by atomic mass is 19.1. The van der Waals surface area contributed by atoms with Crippen LogP contribution in [-0.4, -0.2) is 0 Å². The maximum absolute atomic E-state index is 14.2. The quantitative estimate of drug-likeness (QED) is 0.127. The monoisotopic (exact) mass is 1510 g/mol. The molecule has 20 rings (SSSR count). The molecule has 0 saturated heterocycles. The van der Waals surface area contributed by atoms with Gasteiger partial charge in [-0.25, -0.2) is 40.0 Å². The van der Waals surface area contributed by atoms with Gasteiger partial charge in [-0.05, 0) is 166 Å². The van der Waals surface area contributed by atoms with E-state index in [4.69, 9.17) is 26.2 Å². The molecule has 0 spiro atoms. The zero-order valence-corrected chi connectivity index (χ0v) is 63.8. The molecule has 0 fully saturated rings. The third kappa shape index (κ3) is 13.6.